The van der Waals surface area contributed by atoms with Crippen LogP contribution in [0, 0.1) is 0 Å². The molecule has 4 aliphatic rings. The van der Waals surface area contributed by atoms with E-state index in [1.165, 1.54) is 20.9 Å². The predicted octanol–water partition coefficient (Wildman–Crippen LogP) is 6.51. The molecule has 4 aliphatic carbocycles. The summed E-state index contributed by atoms with van der Waals surface area (Å²) in [5.74, 6) is 1.17. The molecule has 2 atom stereocenters. The van der Waals surface area contributed by atoms with Crippen LogP contribution in [-0.2, 0) is 22.4 Å². The van der Waals surface area contributed by atoms with Gasteiger partial charge in [-0.15, -0.1) is 22.7 Å². The fourth-order valence-corrected chi connectivity index (χ4v) is 11.1. The van der Waals surface area contributed by atoms with Gasteiger partial charge in [-0.25, -0.2) is 19.9 Å². The van der Waals surface area contributed by atoms with Crippen LogP contribution in [0.15, 0.2) is 12.7 Å². The molecule has 53 heavy (non-hydrogen) atoms. The lowest BCUT2D eigenvalue weighted by Crippen LogP contribution is -2.46. The van der Waals surface area contributed by atoms with Crippen molar-refractivity contribution in [2.75, 3.05) is 14.1 Å². The minimum Gasteiger partial charge on any atom is -0.474 e. The quantitative estimate of drug-likeness (QED) is 0.170. The lowest BCUT2D eigenvalue weighted by Gasteiger charge is -2.42. The maximum atomic E-state index is 11.5. The molecule has 12 nitrogen and oxygen atoms in total. The predicted molar refractivity (Wildman–Crippen MR) is 212 cm³/mol. The molecule has 0 unspecified atom stereocenters. The molecule has 0 radical (unpaired) electrons. The van der Waals surface area contributed by atoms with Crippen LogP contribution in [-0.4, -0.2) is 74.0 Å². The number of aromatic nitrogens is 4. The summed E-state index contributed by atoms with van der Waals surface area (Å²) < 4.78 is 12.7. The van der Waals surface area contributed by atoms with E-state index < -0.39 is 0 Å². The summed E-state index contributed by atoms with van der Waals surface area (Å²) in [5, 5.41) is 2.01. The highest BCUT2D eigenvalue weighted by Crippen LogP contribution is 2.49. The van der Waals surface area contributed by atoms with Crippen molar-refractivity contribution in [3.8, 4) is 11.8 Å². The first-order valence-corrected chi connectivity index (χ1v) is 20.3. The summed E-state index contributed by atoms with van der Waals surface area (Å²) in [7, 11) is 4.31. The number of amides is 2. The average molecular weight is 765 g/mol. The van der Waals surface area contributed by atoms with Crippen LogP contribution in [0.1, 0.15) is 131 Å². The Hall–Kier alpha value is -3.46. The van der Waals surface area contributed by atoms with E-state index in [4.69, 9.17) is 26.7 Å². The number of carbonyl (C=O) groups excluding carboxylic acids is 2. The zero-order valence-corrected chi connectivity index (χ0v) is 32.4. The van der Waals surface area contributed by atoms with Crippen LogP contribution >= 0.6 is 22.7 Å². The zero-order chi connectivity index (χ0) is 36.8. The molecular formula is C39H56N8O4S2. The first-order chi connectivity index (χ1) is 24.8. The maximum Gasteiger partial charge on any atom is 0.225 e. The molecule has 4 heterocycles. The highest BCUT2D eigenvalue weighted by molar-refractivity contribution is 7.19. The summed E-state index contributed by atoms with van der Waals surface area (Å²) in [6, 6.07) is 0. The van der Waals surface area contributed by atoms with E-state index in [9.17, 15) is 9.59 Å². The van der Waals surface area contributed by atoms with Crippen LogP contribution in [0.25, 0.3) is 20.4 Å². The summed E-state index contributed by atoms with van der Waals surface area (Å²) in [5.41, 5.74) is 19.7. The Morgan fingerprint density at radius 3 is 1.55 bits per heavy atom. The standard InChI is InChI=1S/C20H28N4O2S.C18H24N4O2S.CH4/c1-20(24(2)3)8-6-13(7-9-20)26-18-17-16-12(10-15(21)25)4-5-14(16)27-19(17)23-11-22-18;1-18(20)6-4-11(5-7-18)24-16-15-14-10(8-13(19)23)2-3-12(14)25-17(15)22-9-21-16;/h11-13H,4-10H2,1-3H3,(H2,21,25);9-11H,2-8,20H2,1H3,(H2,19,23);1H4/t12-,13?,20?;10-,11?,18?;/m11./s1. The molecule has 288 valence electrons. The third kappa shape index (κ3) is 8.30. The van der Waals surface area contributed by atoms with Gasteiger partial charge in [0, 0.05) is 33.7 Å². The number of carbonyl (C=O) groups is 2. The molecule has 0 spiro atoms. The zero-order valence-electron chi connectivity index (χ0n) is 30.8. The molecule has 14 heteroatoms. The van der Waals surface area contributed by atoms with Gasteiger partial charge >= 0.3 is 0 Å². The van der Waals surface area contributed by atoms with E-state index in [2.05, 4.69) is 52.8 Å². The Kier molecular flexibility index (Phi) is 11.6. The fourth-order valence-electron chi connectivity index (χ4n) is 8.62. The Morgan fingerprint density at radius 2 is 1.15 bits per heavy atom. The number of fused-ring (bicyclic) bond motifs is 6. The topological polar surface area (TPSA) is 185 Å². The van der Waals surface area contributed by atoms with Gasteiger partial charge in [-0.1, -0.05) is 7.43 Å². The molecule has 0 aliphatic heterocycles. The molecule has 6 N–H and O–H groups in total. The molecule has 4 aromatic heterocycles. The van der Waals surface area contributed by atoms with Gasteiger partial charge in [0.05, 0.1) is 10.8 Å². The smallest absolute Gasteiger partial charge is 0.225 e. The Balaban J connectivity index is 0.000000178. The first kappa shape index (κ1) is 39.2. The fraction of sp³-hybridized carbons (Fsp3) is 0.641. The third-order valence-corrected chi connectivity index (χ3v) is 14.4. The molecule has 0 saturated heterocycles. The van der Waals surface area contributed by atoms with Crippen molar-refractivity contribution in [2.24, 2.45) is 17.2 Å². The molecule has 8 rings (SSSR count). The number of nitrogens with two attached hydrogens (primary N) is 3. The van der Waals surface area contributed by atoms with Gasteiger partial charge in [-0.3, -0.25) is 9.59 Å². The Morgan fingerprint density at radius 1 is 0.736 bits per heavy atom. The molecule has 2 fully saturated rings. The SMILES string of the molecule is C.CC1(N)CCC(Oc2ncnc3sc4c(c23)[C@@H](CC(N)=O)CC4)CC1.CN(C)C1(C)CCC(Oc2ncnc3sc4c(c23)[C@@H](CC(N)=O)CC4)CC1. The molecule has 0 bridgehead atoms. The van der Waals surface area contributed by atoms with Gasteiger partial charge in [0.2, 0.25) is 23.6 Å². The van der Waals surface area contributed by atoms with Crippen molar-refractivity contribution < 1.29 is 19.1 Å². The second kappa shape index (κ2) is 15.7. The number of hydrogen-bond acceptors (Lipinski definition) is 12. The van der Waals surface area contributed by atoms with E-state index in [-0.39, 0.29) is 54.4 Å². The summed E-state index contributed by atoms with van der Waals surface area (Å²) in [4.78, 5) is 47.6. The number of ether oxygens (including phenoxy) is 2. The number of primary amides is 2. The highest BCUT2D eigenvalue weighted by Gasteiger charge is 2.36. The van der Waals surface area contributed by atoms with Gasteiger partial charge in [0.1, 0.15) is 34.5 Å². The van der Waals surface area contributed by atoms with Crippen LogP contribution in [0.4, 0.5) is 0 Å². The molecule has 4 aromatic rings. The lowest BCUT2D eigenvalue weighted by atomic mass is 9.81. The van der Waals surface area contributed by atoms with E-state index in [1.54, 1.807) is 35.3 Å². The van der Waals surface area contributed by atoms with Gasteiger partial charge in [0.15, 0.2) is 0 Å². The van der Waals surface area contributed by atoms with E-state index >= 15 is 0 Å². The van der Waals surface area contributed by atoms with Gasteiger partial charge in [-0.2, -0.15) is 0 Å². The van der Waals surface area contributed by atoms with Gasteiger partial charge in [-0.05, 0) is 128 Å². The van der Waals surface area contributed by atoms with Gasteiger partial charge < -0.3 is 31.6 Å². The van der Waals surface area contributed by atoms with Crippen molar-refractivity contribution in [3.05, 3.63) is 33.5 Å². The molecular weight excluding hydrogens is 709 g/mol. The number of rotatable bonds is 9. The van der Waals surface area contributed by atoms with Crippen molar-refractivity contribution in [2.45, 2.75) is 146 Å². The van der Waals surface area contributed by atoms with Crippen LogP contribution in [0.3, 0.4) is 0 Å². The minimum atomic E-state index is -0.258. The Labute approximate surface area is 320 Å². The monoisotopic (exact) mass is 764 g/mol. The highest BCUT2D eigenvalue weighted by atomic mass is 32.1. The average Bonchev–Trinajstić information content (AvgIpc) is 3.85. The molecule has 0 aromatic carbocycles. The minimum absolute atomic E-state index is 0. The lowest BCUT2D eigenvalue weighted by molar-refractivity contribution is -0.119. The van der Waals surface area contributed by atoms with E-state index in [0.29, 0.717) is 24.6 Å². The van der Waals surface area contributed by atoms with E-state index in [1.807, 2.05) is 0 Å². The van der Waals surface area contributed by atoms with Gasteiger partial charge in [0.25, 0.3) is 0 Å². The normalized spacial score (nSPS) is 27.8. The third-order valence-electron chi connectivity index (χ3n) is 12.0. The van der Waals surface area contributed by atoms with E-state index in [0.717, 1.165) is 97.5 Å². The van der Waals surface area contributed by atoms with Crippen LogP contribution in [0.5, 0.6) is 11.8 Å². The maximum absolute atomic E-state index is 11.5. The largest absolute Gasteiger partial charge is 0.474 e. The number of thiophene rings is 2. The summed E-state index contributed by atoms with van der Waals surface area (Å²) in [6.45, 7) is 4.43. The number of aryl methyl sites for hydroxylation is 2. The molecule has 2 amide bonds. The van der Waals surface area contributed by atoms with Crippen molar-refractivity contribution >= 4 is 54.9 Å². The van der Waals surface area contributed by atoms with Crippen molar-refractivity contribution in [1.29, 1.82) is 0 Å². The van der Waals surface area contributed by atoms with Crippen molar-refractivity contribution in [1.82, 2.24) is 24.8 Å². The second-order valence-corrected chi connectivity index (χ2v) is 18.3. The van der Waals surface area contributed by atoms with Crippen LogP contribution in [0.2, 0.25) is 0 Å². The second-order valence-electron chi connectivity index (χ2n) is 16.1. The van der Waals surface area contributed by atoms with Crippen LogP contribution < -0.4 is 26.7 Å². The number of hydrogen-bond donors (Lipinski definition) is 3. The summed E-state index contributed by atoms with van der Waals surface area (Å²) in [6.07, 6.45) is 16.2. The first-order valence-electron chi connectivity index (χ1n) is 18.7. The summed E-state index contributed by atoms with van der Waals surface area (Å²) >= 11 is 3.40. The molecule has 2 saturated carbocycles. The number of nitrogens with zero attached hydrogens (tertiary/aromatic N) is 5. The Bertz CT molecular complexity index is 1940. The van der Waals surface area contributed by atoms with Crippen molar-refractivity contribution in [3.63, 3.8) is 0 Å².